The highest BCUT2D eigenvalue weighted by atomic mass is 16.5. The zero-order valence-electron chi connectivity index (χ0n) is 14.8. The molecule has 6 heteroatoms. The molecule has 0 bridgehead atoms. The maximum absolute atomic E-state index is 5.64. The molecule has 134 valence electrons. The maximum atomic E-state index is 5.64. The lowest BCUT2D eigenvalue weighted by molar-refractivity contribution is 0.123. The minimum atomic E-state index is 0.715. The van der Waals surface area contributed by atoms with Gasteiger partial charge in [0.1, 0.15) is 0 Å². The Bertz CT molecular complexity index is 664. The van der Waals surface area contributed by atoms with Gasteiger partial charge in [-0.1, -0.05) is 12.1 Å². The molecule has 0 atom stereocenters. The zero-order chi connectivity index (χ0) is 17.3. The minimum Gasteiger partial charge on any atom is -0.381 e. The van der Waals surface area contributed by atoms with Gasteiger partial charge in [-0.05, 0) is 48.9 Å². The van der Waals surface area contributed by atoms with Crippen LogP contribution in [0.3, 0.4) is 0 Å². The van der Waals surface area contributed by atoms with E-state index < -0.39 is 0 Å². The predicted molar refractivity (Wildman–Crippen MR) is 99.9 cm³/mol. The van der Waals surface area contributed by atoms with E-state index in [1.54, 1.807) is 13.2 Å². The summed E-state index contributed by atoms with van der Waals surface area (Å²) >= 11 is 0. The van der Waals surface area contributed by atoms with Gasteiger partial charge in [-0.2, -0.15) is 5.10 Å². The molecule has 0 radical (unpaired) electrons. The van der Waals surface area contributed by atoms with Crippen molar-refractivity contribution in [2.75, 3.05) is 26.8 Å². The number of hydrogen-bond acceptors (Lipinski definition) is 3. The van der Waals surface area contributed by atoms with E-state index in [2.05, 4.69) is 32.9 Å². The van der Waals surface area contributed by atoms with Gasteiger partial charge in [0.25, 0.3) is 0 Å². The van der Waals surface area contributed by atoms with Crippen molar-refractivity contribution in [3.05, 3.63) is 48.3 Å². The smallest absolute Gasteiger partial charge is 0.191 e. The molecule has 6 nitrogen and oxygen atoms in total. The van der Waals surface area contributed by atoms with Crippen molar-refractivity contribution in [1.82, 2.24) is 20.4 Å². The predicted octanol–water partition coefficient (Wildman–Crippen LogP) is 2.35. The standard InChI is InChI=1S/C19H27N5O/c1-20-19(21-9-4-12-25-15-16-7-8-16)22-14-17-5-2-6-18(13-17)24-11-3-10-23-24/h2-3,5-6,10-11,13,16H,4,7-9,12,14-15H2,1H3,(H2,20,21,22). The third-order valence-electron chi connectivity index (χ3n) is 4.17. The van der Waals surface area contributed by atoms with Crippen molar-refractivity contribution >= 4 is 5.96 Å². The monoisotopic (exact) mass is 341 g/mol. The van der Waals surface area contributed by atoms with Crippen molar-refractivity contribution < 1.29 is 4.74 Å². The number of ether oxygens (including phenoxy) is 1. The molecule has 3 rings (SSSR count). The van der Waals surface area contributed by atoms with Gasteiger partial charge in [0.2, 0.25) is 0 Å². The fourth-order valence-electron chi connectivity index (χ4n) is 2.55. The Hall–Kier alpha value is -2.34. The first kappa shape index (κ1) is 17.5. The summed E-state index contributed by atoms with van der Waals surface area (Å²) in [5, 5.41) is 10.9. The van der Waals surface area contributed by atoms with Crippen LogP contribution in [0.2, 0.25) is 0 Å². The Morgan fingerprint density at radius 3 is 3.00 bits per heavy atom. The van der Waals surface area contributed by atoms with Crippen molar-refractivity contribution in [2.45, 2.75) is 25.8 Å². The van der Waals surface area contributed by atoms with Crippen LogP contribution < -0.4 is 10.6 Å². The molecule has 1 aliphatic rings. The van der Waals surface area contributed by atoms with E-state index in [1.807, 2.05) is 29.1 Å². The summed E-state index contributed by atoms with van der Waals surface area (Å²) in [5.74, 6) is 1.64. The van der Waals surface area contributed by atoms with E-state index in [4.69, 9.17) is 4.74 Å². The number of aliphatic imine (C=N–C) groups is 1. The molecule has 0 amide bonds. The highest BCUT2D eigenvalue weighted by Crippen LogP contribution is 2.28. The fraction of sp³-hybridized carbons (Fsp3) is 0.474. The Labute approximate surface area is 149 Å². The maximum Gasteiger partial charge on any atom is 0.191 e. The Kier molecular flexibility index (Phi) is 6.45. The number of hydrogen-bond donors (Lipinski definition) is 2. The number of guanidine groups is 1. The molecule has 25 heavy (non-hydrogen) atoms. The molecule has 2 N–H and O–H groups in total. The number of aromatic nitrogens is 2. The zero-order valence-corrected chi connectivity index (χ0v) is 14.8. The summed E-state index contributed by atoms with van der Waals surface area (Å²) in [6, 6.07) is 10.2. The summed E-state index contributed by atoms with van der Waals surface area (Å²) in [6.07, 6.45) is 7.40. The summed E-state index contributed by atoms with van der Waals surface area (Å²) in [6.45, 7) is 3.32. The number of benzene rings is 1. The first-order valence-corrected chi connectivity index (χ1v) is 8.96. The van der Waals surface area contributed by atoms with Crippen LogP contribution in [0.5, 0.6) is 0 Å². The lowest BCUT2D eigenvalue weighted by Crippen LogP contribution is -2.37. The van der Waals surface area contributed by atoms with Gasteiger partial charge in [0.05, 0.1) is 5.69 Å². The molecule has 1 aliphatic carbocycles. The average molecular weight is 341 g/mol. The molecule has 0 spiro atoms. The average Bonchev–Trinajstić information content (AvgIpc) is 3.30. The molecule has 1 heterocycles. The van der Waals surface area contributed by atoms with E-state index in [1.165, 1.54) is 18.4 Å². The topological polar surface area (TPSA) is 63.5 Å². The van der Waals surface area contributed by atoms with Crippen molar-refractivity contribution in [1.29, 1.82) is 0 Å². The van der Waals surface area contributed by atoms with Crippen LogP contribution in [-0.2, 0) is 11.3 Å². The molecular formula is C19H27N5O. The second-order valence-corrected chi connectivity index (χ2v) is 6.34. The third-order valence-corrected chi connectivity index (χ3v) is 4.17. The van der Waals surface area contributed by atoms with Crippen LogP contribution in [0.15, 0.2) is 47.7 Å². The van der Waals surface area contributed by atoms with Crippen molar-refractivity contribution in [3.63, 3.8) is 0 Å². The van der Waals surface area contributed by atoms with Crippen LogP contribution in [0.1, 0.15) is 24.8 Å². The van der Waals surface area contributed by atoms with Gasteiger partial charge in [-0.25, -0.2) is 4.68 Å². The van der Waals surface area contributed by atoms with E-state index >= 15 is 0 Å². The van der Waals surface area contributed by atoms with Crippen molar-refractivity contribution in [2.24, 2.45) is 10.9 Å². The minimum absolute atomic E-state index is 0.715. The SMILES string of the molecule is CN=C(NCCCOCC1CC1)NCc1cccc(-n2cccn2)c1. The van der Waals surface area contributed by atoms with Crippen LogP contribution in [0.4, 0.5) is 0 Å². The quantitative estimate of drug-likeness (QED) is 0.417. The first-order chi connectivity index (χ1) is 12.3. The second kappa shape index (κ2) is 9.22. The van der Waals surface area contributed by atoms with Crippen molar-refractivity contribution in [3.8, 4) is 5.69 Å². The van der Waals surface area contributed by atoms with Gasteiger partial charge in [0.15, 0.2) is 5.96 Å². The number of nitrogens with one attached hydrogen (secondary N) is 2. The summed E-state index contributed by atoms with van der Waals surface area (Å²) in [4.78, 5) is 4.27. The third kappa shape index (κ3) is 5.90. The van der Waals surface area contributed by atoms with Crippen LogP contribution in [0, 0.1) is 5.92 Å². The Morgan fingerprint density at radius 2 is 2.24 bits per heavy atom. The van der Waals surface area contributed by atoms with Crippen LogP contribution in [0.25, 0.3) is 5.69 Å². The molecule has 0 unspecified atom stereocenters. The molecule has 0 saturated heterocycles. The summed E-state index contributed by atoms with van der Waals surface area (Å²) in [5.41, 5.74) is 2.24. The molecule has 1 aromatic heterocycles. The van der Waals surface area contributed by atoms with Gasteiger partial charge in [0, 0.05) is 45.7 Å². The molecule has 0 aliphatic heterocycles. The lowest BCUT2D eigenvalue weighted by atomic mass is 10.2. The second-order valence-electron chi connectivity index (χ2n) is 6.34. The number of nitrogens with zero attached hydrogens (tertiary/aromatic N) is 3. The molecule has 1 saturated carbocycles. The molecule has 2 aromatic rings. The first-order valence-electron chi connectivity index (χ1n) is 8.96. The van der Waals surface area contributed by atoms with E-state index in [0.717, 1.165) is 43.7 Å². The highest BCUT2D eigenvalue weighted by Gasteiger charge is 2.20. The van der Waals surface area contributed by atoms with E-state index in [0.29, 0.717) is 6.54 Å². The molecular weight excluding hydrogens is 314 g/mol. The normalized spacial score (nSPS) is 14.5. The van der Waals surface area contributed by atoms with Gasteiger partial charge >= 0.3 is 0 Å². The van der Waals surface area contributed by atoms with Gasteiger partial charge in [-0.15, -0.1) is 0 Å². The lowest BCUT2D eigenvalue weighted by Gasteiger charge is -2.12. The van der Waals surface area contributed by atoms with Crippen LogP contribution in [-0.4, -0.2) is 42.5 Å². The van der Waals surface area contributed by atoms with E-state index in [-0.39, 0.29) is 0 Å². The highest BCUT2D eigenvalue weighted by molar-refractivity contribution is 5.79. The molecule has 1 aromatic carbocycles. The number of rotatable bonds is 9. The largest absolute Gasteiger partial charge is 0.381 e. The fourth-order valence-corrected chi connectivity index (χ4v) is 2.55. The van der Waals surface area contributed by atoms with E-state index in [9.17, 15) is 0 Å². The summed E-state index contributed by atoms with van der Waals surface area (Å²) < 4.78 is 7.50. The molecule has 1 fully saturated rings. The van der Waals surface area contributed by atoms with Gasteiger partial charge in [-0.3, -0.25) is 4.99 Å². The Morgan fingerprint density at radius 1 is 1.32 bits per heavy atom. The van der Waals surface area contributed by atoms with Crippen LogP contribution >= 0.6 is 0 Å². The Balaban J connectivity index is 1.38. The summed E-state index contributed by atoms with van der Waals surface area (Å²) in [7, 11) is 1.79. The van der Waals surface area contributed by atoms with Gasteiger partial charge < -0.3 is 15.4 Å².